The van der Waals surface area contributed by atoms with Crippen molar-refractivity contribution in [2.75, 3.05) is 11.1 Å². The molecule has 0 bridgehead atoms. The summed E-state index contributed by atoms with van der Waals surface area (Å²) in [5, 5.41) is 15.7. The first kappa shape index (κ1) is 18.4. The maximum atomic E-state index is 12.1. The van der Waals surface area contributed by atoms with Gasteiger partial charge in [-0.15, -0.1) is 11.3 Å². The van der Waals surface area contributed by atoms with E-state index in [9.17, 15) is 14.9 Å². The van der Waals surface area contributed by atoms with Gasteiger partial charge in [-0.2, -0.15) is 0 Å². The quantitative estimate of drug-likeness (QED) is 0.482. The van der Waals surface area contributed by atoms with Crippen molar-refractivity contribution in [3.8, 4) is 0 Å². The fourth-order valence-corrected chi connectivity index (χ4v) is 3.79. The molecule has 0 aliphatic carbocycles. The number of rotatable bonds is 5. The molecule has 0 spiro atoms. The lowest BCUT2D eigenvalue weighted by Gasteiger charge is -2.14. The largest absolute Gasteiger partial charge is 0.325 e. The zero-order chi connectivity index (χ0) is 17.9. The predicted molar refractivity (Wildman–Crippen MR) is 98.0 cm³/mol. The van der Waals surface area contributed by atoms with Gasteiger partial charge in [0.15, 0.2) is 4.34 Å². The highest BCUT2D eigenvalue weighted by Crippen LogP contribution is 2.30. The van der Waals surface area contributed by atoms with E-state index in [4.69, 9.17) is 0 Å². The Morgan fingerprint density at radius 2 is 2.12 bits per heavy atom. The summed E-state index contributed by atoms with van der Waals surface area (Å²) in [5.74, 6) is -0.00437. The van der Waals surface area contributed by atoms with E-state index < -0.39 is 4.92 Å². The molecule has 0 saturated carbocycles. The van der Waals surface area contributed by atoms with Gasteiger partial charge in [-0.1, -0.05) is 38.6 Å². The molecule has 0 radical (unpaired) electrons. The van der Waals surface area contributed by atoms with Crippen molar-refractivity contribution in [2.24, 2.45) is 0 Å². The van der Waals surface area contributed by atoms with Crippen molar-refractivity contribution in [3.05, 3.63) is 45.0 Å². The molecule has 1 N–H and O–H groups in total. The molecular weight excluding hydrogens is 346 g/mol. The van der Waals surface area contributed by atoms with E-state index in [2.05, 4.69) is 31.1 Å². The van der Waals surface area contributed by atoms with Crippen molar-refractivity contribution < 1.29 is 9.72 Å². The molecule has 0 saturated heterocycles. The SMILES string of the molecule is Cc1c(NC(=O)CSc2nc(C(C)(C)C)cs2)cccc1[N+](=O)[O-]. The summed E-state index contributed by atoms with van der Waals surface area (Å²) in [5.41, 5.74) is 1.90. The minimum atomic E-state index is -0.455. The van der Waals surface area contributed by atoms with Crippen molar-refractivity contribution >= 4 is 40.4 Å². The normalized spacial score (nSPS) is 11.3. The molecule has 0 unspecified atom stereocenters. The maximum absolute atomic E-state index is 12.1. The number of benzene rings is 1. The van der Waals surface area contributed by atoms with Crippen LogP contribution in [0.1, 0.15) is 32.0 Å². The average Bonchev–Trinajstić information content (AvgIpc) is 2.96. The highest BCUT2D eigenvalue weighted by Gasteiger charge is 2.18. The van der Waals surface area contributed by atoms with E-state index in [-0.39, 0.29) is 22.8 Å². The average molecular weight is 365 g/mol. The lowest BCUT2D eigenvalue weighted by atomic mass is 9.93. The number of hydrogen-bond donors (Lipinski definition) is 1. The highest BCUT2D eigenvalue weighted by molar-refractivity contribution is 8.01. The number of amides is 1. The summed E-state index contributed by atoms with van der Waals surface area (Å²) >= 11 is 2.88. The molecule has 0 aliphatic rings. The summed E-state index contributed by atoms with van der Waals surface area (Å²) in [6.45, 7) is 7.90. The Morgan fingerprint density at radius 3 is 2.71 bits per heavy atom. The Morgan fingerprint density at radius 1 is 1.42 bits per heavy atom. The number of nitrogens with one attached hydrogen (secondary N) is 1. The van der Waals surface area contributed by atoms with Gasteiger partial charge in [0.25, 0.3) is 5.69 Å². The fraction of sp³-hybridized carbons (Fsp3) is 0.375. The van der Waals surface area contributed by atoms with Crippen LogP contribution >= 0.6 is 23.1 Å². The van der Waals surface area contributed by atoms with Gasteiger partial charge in [0.2, 0.25) is 5.91 Å². The summed E-state index contributed by atoms with van der Waals surface area (Å²) in [6.07, 6.45) is 0. The van der Waals surface area contributed by atoms with E-state index in [1.807, 2.05) is 5.38 Å². The predicted octanol–water partition coefficient (Wildman–Crippen LogP) is 4.39. The summed E-state index contributed by atoms with van der Waals surface area (Å²) < 4.78 is 0.839. The maximum Gasteiger partial charge on any atom is 0.274 e. The fourth-order valence-electron chi connectivity index (χ4n) is 1.94. The number of hydrogen-bond acceptors (Lipinski definition) is 6. The van der Waals surface area contributed by atoms with Crippen LogP contribution in [0.4, 0.5) is 11.4 Å². The molecule has 128 valence electrons. The van der Waals surface area contributed by atoms with Gasteiger partial charge >= 0.3 is 0 Å². The van der Waals surface area contributed by atoms with E-state index in [1.165, 1.54) is 29.2 Å². The molecule has 1 aromatic heterocycles. The van der Waals surface area contributed by atoms with E-state index >= 15 is 0 Å². The van der Waals surface area contributed by atoms with Gasteiger partial charge in [0.1, 0.15) is 0 Å². The molecule has 1 amide bonds. The van der Waals surface area contributed by atoms with Crippen LogP contribution in [-0.4, -0.2) is 21.6 Å². The van der Waals surface area contributed by atoms with Crippen LogP contribution in [0.5, 0.6) is 0 Å². The second kappa shape index (κ2) is 7.31. The lowest BCUT2D eigenvalue weighted by molar-refractivity contribution is -0.385. The minimum Gasteiger partial charge on any atom is -0.325 e. The number of thiazole rings is 1. The molecule has 8 heteroatoms. The molecule has 0 aliphatic heterocycles. The van der Waals surface area contributed by atoms with Crippen LogP contribution in [0.3, 0.4) is 0 Å². The number of nitro groups is 1. The molecular formula is C16H19N3O3S2. The zero-order valence-corrected chi connectivity index (χ0v) is 15.6. The van der Waals surface area contributed by atoms with Gasteiger partial charge in [-0.25, -0.2) is 4.98 Å². The van der Waals surface area contributed by atoms with Crippen molar-refractivity contribution in [1.82, 2.24) is 4.98 Å². The van der Waals surface area contributed by atoms with Crippen LogP contribution < -0.4 is 5.32 Å². The van der Waals surface area contributed by atoms with Gasteiger partial charge in [-0.05, 0) is 13.0 Å². The van der Waals surface area contributed by atoms with Crippen molar-refractivity contribution in [2.45, 2.75) is 37.4 Å². The van der Waals surface area contributed by atoms with Gasteiger partial charge in [0.05, 0.1) is 27.6 Å². The van der Waals surface area contributed by atoms with Crippen LogP contribution in [0.25, 0.3) is 0 Å². The Hall–Kier alpha value is -1.93. The number of carbonyl (C=O) groups excluding carboxylic acids is 1. The topological polar surface area (TPSA) is 85.1 Å². The Balaban J connectivity index is 1.98. The molecule has 1 aromatic carbocycles. The van der Waals surface area contributed by atoms with Gasteiger partial charge in [0, 0.05) is 16.9 Å². The molecule has 6 nitrogen and oxygen atoms in total. The second-order valence-electron chi connectivity index (χ2n) is 6.29. The number of nitrogens with zero attached hydrogens (tertiary/aromatic N) is 2. The zero-order valence-electron chi connectivity index (χ0n) is 14.0. The molecule has 0 fully saturated rings. The molecule has 24 heavy (non-hydrogen) atoms. The van der Waals surface area contributed by atoms with E-state index in [0.29, 0.717) is 11.3 Å². The lowest BCUT2D eigenvalue weighted by Crippen LogP contribution is -2.15. The second-order valence-corrected chi connectivity index (χ2v) is 8.37. The van der Waals surface area contributed by atoms with Crippen LogP contribution in [0.2, 0.25) is 0 Å². The Bertz CT molecular complexity index is 766. The molecule has 2 rings (SSSR count). The van der Waals surface area contributed by atoms with E-state index in [1.54, 1.807) is 19.1 Å². The van der Waals surface area contributed by atoms with Crippen LogP contribution in [0.15, 0.2) is 27.9 Å². The summed E-state index contributed by atoms with van der Waals surface area (Å²) in [4.78, 5) is 27.1. The summed E-state index contributed by atoms with van der Waals surface area (Å²) in [6, 6.07) is 4.64. The standard InChI is InChI=1S/C16H19N3O3S2/c1-10-11(6-5-7-12(10)19(21)22)17-14(20)9-24-15-18-13(8-23-15)16(2,3)4/h5-8H,9H2,1-4H3,(H,17,20). The minimum absolute atomic E-state index is 0.00445. The number of nitro benzene ring substituents is 1. The third-order valence-corrected chi connectivity index (χ3v) is 5.38. The Labute approximate surface area is 148 Å². The first-order valence-electron chi connectivity index (χ1n) is 7.31. The Kier molecular flexibility index (Phi) is 5.61. The monoisotopic (exact) mass is 365 g/mol. The third kappa shape index (κ3) is 4.55. The van der Waals surface area contributed by atoms with Crippen LogP contribution in [0, 0.1) is 17.0 Å². The van der Waals surface area contributed by atoms with Gasteiger partial charge < -0.3 is 5.32 Å². The van der Waals surface area contributed by atoms with E-state index in [0.717, 1.165) is 10.0 Å². The number of anilines is 1. The number of thioether (sulfide) groups is 1. The first-order chi connectivity index (χ1) is 11.2. The highest BCUT2D eigenvalue weighted by atomic mass is 32.2. The van der Waals surface area contributed by atoms with Crippen LogP contribution in [-0.2, 0) is 10.2 Å². The molecule has 0 atom stereocenters. The molecule has 2 aromatic rings. The first-order valence-corrected chi connectivity index (χ1v) is 9.17. The third-order valence-electron chi connectivity index (χ3n) is 3.35. The molecule has 1 heterocycles. The number of carbonyl (C=O) groups is 1. The van der Waals surface area contributed by atoms with Crippen molar-refractivity contribution in [1.29, 1.82) is 0 Å². The number of aromatic nitrogens is 1. The smallest absolute Gasteiger partial charge is 0.274 e. The van der Waals surface area contributed by atoms with Gasteiger partial charge in [-0.3, -0.25) is 14.9 Å². The van der Waals surface area contributed by atoms with Crippen molar-refractivity contribution in [3.63, 3.8) is 0 Å². The summed E-state index contributed by atoms with van der Waals surface area (Å²) in [7, 11) is 0.